The fourth-order valence-corrected chi connectivity index (χ4v) is 1.22. The van der Waals surface area contributed by atoms with Crippen LogP contribution in [0.25, 0.3) is 0 Å². The van der Waals surface area contributed by atoms with Crippen LogP contribution < -0.4 is 0 Å². The lowest BCUT2D eigenvalue weighted by molar-refractivity contribution is -0.149. The second kappa shape index (κ2) is 4.75. The number of halogens is 1. The molecule has 2 N–H and O–H groups in total. The van der Waals surface area contributed by atoms with Crippen molar-refractivity contribution in [2.75, 3.05) is 7.05 Å². The minimum absolute atomic E-state index is 0.0581. The number of hydrogen-bond acceptors (Lipinski definition) is 3. The van der Waals surface area contributed by atoms with Gasteiger partial charge in [-0.25, -0.2) is 0 Å². The Morgan fingerprint density at radius 2 is 2.00 bits per heavy atom. The van der Waals surface area contributed by atoms with Gasteiger partial charge in [-0.05, 0) is 17.7 Å². The first-order valence-corrected chi connectivity index (χ1v) is 4.40. The summed E-state index contributed by atoms with van der Waals surface area (Å²) in [5, 5.41) is 17.9. The molecule has 1 aromatic rings. The van der Waals surface area contributed by atoms with Gasteiger partial charge in [0.05, 0.1) is 0 Å². The number of nitrogens with zero attached hydrogens (tertiary/aromatic N) is 1. The number of aliphatic carboxylic acids is 1. The first-order chi connectivity index (χ1) is 7.00. The smallest absolute Gasteiger partial charge is 0.323 e. The molecule has 1 aromatic carbocycles. The van der Waals surface area contributed by atoms with Gasteiger partial charge in [0, 0.05) is 13.5 Å². The molecule has 0 aliphatic rings. The van der Waals surface area contributed by atoms with Crippen molar-refractivity contribution >= 4 is 5.97 Å². The van der Waals surface area contributed by atoms with E-state index in [4.69, 9.17) is 10.2 Å². The van der Waals surface area contributed by atoms with Crippen LogP contribution >= 0.6 is 0 Å². The Kier molecular flexibility index (Phi) is 3.62. The first-order valence-electron chi connectivity index (χ1n) is 4.40. The van der Waals surface area contributed by atoms with Gasteiger partial charge in [0.15, 0.2) is 0 Å². The van der Waals surface area contributed by atoms with Crippen LogP contribution in [0.1, 0.15) is 5.56 Å². The second-order valence-corrected chi connectivity index (χ2v) is 3.25. The molecule has 0 aliphatic heterocycles. The van der Waals surface area contributed by atoms with Crippen LogP contribution in [0, 0.1) is 0 Å². The number of benzene rings is 1. The van der Waals surface area contributed by atoms with Crippen molar-refractivity contribution in [3.63, 3.8) is 0 Å². The summed E-state index contributed by atoms with van der Waals surface area (Å²) < 4.78 is 12.8. The van der Waals surface area contributed by atoms with E-state index in [1.807, 2.05) is 0 Å². The van der Waals surface area contributed by atoms with Gasteiger partial charge in [0.2, 0.25) is 0 Å². The number of carbonyl (C=O) groups is 1. The minimum atomic E-state index is -1.21. The molecule has 1 rings (SSSR count). The summed E-state index contributed by atoms with van der Waals surface area (Å²) in [5.41, 5.74) is 0.657. The normalized spacial score (nSPS) is 12.7. The number of phenols is 1. The predicted molar refractivity (Wildman–Crippen MR) is 52.1 cm³/mol. The highest BCUT2D eigenvalue weighted by atomic mass is 19.2. The Morgan fingerprint density at radius 3 is 2.40 bits per heavy atom. The maximum Gasteiger partial charge on any atom is 0.323 e. The zero-order valence-electron chi connectivity index (χ0n) is 8.22. The molecule has 0 saturated carbocycles. The highest BCUT2D eigenvalue weighted by Crippen LogP contribution is 2.13. The third kappa shape index (κ3) is 3.21. The summed E-state index contributed by atoms with van der Waals surface area (Å²) in [7, 11) is 1.07. The summed E-state index contributed by atoms with van der Waals surface area (Å²) in [6.07, 6.45) is 0.0581. The molecule has 82 valence electrons. The Balaban J connectivity index is 2.74. The highest BCUT2D eigenvalue weighted by Gasteiger charge is 2.22. The van der Waals surface area contributed by atoms with Crippen molar-refractivity contribution in [1.29, 1.82) is 0 Å². The standard InChI is InChI=1S/C10H12FNO3/c1-12(11)9(10(14)15)6-7-2-4-8(13)5-3-7/h2-5,9,13H,6H2,1H3,(H,14,15)/t9-/m0/s1. The van der Waals surface area contributed by atoms with Crippen molar-refractivity contribution in [3.05, 3.63) is 29.8 Å². The molecule has 0 aromatic heterocycles. The summed E-state index contributed by atoms with van der Waals surface area (Å²) >= 11 is 0. The lowest BCUT2D eigenvalue weighted by Crippen LogP contribution is -2.34. The fourth-order valence-electron chi connectivity index (χ4n) is 1.22. The van der Waals surface area contributed by atoms with Crippen molar-refractivity contribution < 1.29 is 19.5 Å². The third-order valence-electron chi connectivity index (χ3n) is 2.08. The van der Waals surface area contributed by atoms with Crippen LogP contribution in [0.4, 0.5) is 4.48 Å². The highest BCUT2D eigenvalue weighted by molar-refractivity contribution is 5.73. The Hall–Kier alpha value is -1.62. The lowest BCUT2D eigenvalue weighted by atomic mass is 10.1. The van der Waals surface area contributed by atoms with Gasteiger partial charge >= 0.3 is 5.97 Å². The molecule has 1 atom stereocenters. The van der Waals surface area contributed by atoms with Gasteiger partial charge in [0.1, 0.15) is 11.8 Å². The van der Waals surface area contributed by atoms with Gasteiger partial charge in [-0.1, -0.05) is 12.1 Å². The average Bonchev–Trinajstić information content (AvgIpc) is 2.15. The molecule has 4 nitrogen and oxygen atoms in total. The van der Waals surface area contributed by atoms with Crippen LogP contribution in [-0.2, 0) is 11.2 Å². The van der Waals surface area contributed by atoms with Crippen LogP contribution in [0.2, 0.25) is 0 Å². The molecule has 0 saturated heterocycles. The maximum atomic E-state index is 12.8. The molecule has 0 heterocycles. The average molecular weight is 213 g/mol. The van der Waals surface area contributed by atoms with Crippen LogP contribution in [0.15, 0.2) is 24.3 Å². The summed E-state index contributed by atoms with van der Waals surface area (Å²) in [5.74, 6) is -1.12. The van der Waals surface area contributed by atoms with E-state index in [9.17, 15) is 9.28 Å². The summed E-state index contributed by atoms with van der Waals surface area (Å²) in [4.78, 5) is 10.7. The summed E-state index contributed by atoms with van der Waals surface area (Å²) in [6.45, 7) is 0. The van der Waals surface area contributed by atoms with E-state index in [1.54, 1.807) is 12.1 Å². The molecule has 0 bridgehead atoms. The molecule has 0 aliphatic carbocycles. The van der Waals surface area contributed by atoms with Crippen molar-refractivity contribution in [2.45, 2.75) is 12.5 Å². The molecule has 0 radical (unpaired) electrons. The molecular formula is C10H12FNO3. The van der Waals surface area contributed by atoms with Crippen molar-refractivity contribution in [3.8, 4) is 5.75 Å². The molecular weight excluding hydrogens is 201 g/mol. The third-order valence-corrected chi connectivity index (χ3v) is 2.08. The fraction of sp³-hybridized carbons (Fsp3) is 0.300. The first kappa shape index (κ1) is 11.5. The number of carboxylic acid groups (broad SMARTS) is 1. The molecule has 15 heavy (non-hydrogen) atoms. The minimum Gasteiger partial charge on any atom is -0.508 e. The second-order valence-electron chi connectivity index (χ2n) is 3.25. The van der Waals surface area contributed by atoms with E-state index in [0.717, 1.165) is 7.05 Å². The molecule has 0 spiro atoms. The van der Waals surface area contributed by atoms with Crippen LogP contribution in [0.5, 0.6) is 5.75 Å². The van der Waals surface area contributed by atoms with E-state index < -0.39 is 12.0 Å². The van der Waals surface area contributed by atoms with E-state index in [0.29, 0.717) is 5.56 Å². The SMILES string of the molecule is CN(F)[C@@H](Cc1ccc(O)cc1)C(=O)O. The Bertz CT molecular complexity index is 337. The van der Waals surface area contributed by atoms with Gasteiger partial charge < -0.3 is 10.2 Å². The number of aromatic hydroxyl groups is 1. The van der Waals surface area contributed by atoms with E-state index >= 15 is 0 Å². The monoisotopic (exact) mass is 213 g/mol. The maximum absolute atomic E-state index is 12.8. The molecule has 0 amide bonds. The summed E-state index contributed by atoms with van der Waals surface area (Å²) in [6, 6.07) is 4.80. The number of carboxylic acids is 1. The Labute approximate surface area is 86.5 Å². The Morgan fingerprint density at radius 1 is 1.47 bits per heavy atom. The van der Waals surface area contributed by atoms with Crippen LogP contribution in [0.3, 0.4) is 0 Å². The zero-order valence-corrected chi connectivity index (χ0v) is 8.22. The number of hydrogen-bond donors (Lipinski definition) is 2. The van der Waals surface area contributed by atoms with Gasteiger partial charge in [-0.15, -0.1) is 9.60 Å². The van der Waals surface area contributed by atoms with Crippen molar-refractivity contribution in [1.82, 2.24) is 5.12 Å². The largest absolute Gasteiger partial charge is 0.508 e. The molecule has 0 fully saturated rings. The quantitative estimate of drug-likeness (QED) is 0.738. The predicted octanol–water partition coefficient (Wildman–Crippen LogP) is 1.20. The lowest BCUT2D eigenvalue weighted by Gasteiger charge is -2.15. The topological polar surface area (TPSA) is 60.8 Å². The number of rotatable bonds is 4. The molecule has 0 unspecified atom stereocenters. The van der Waals surface area contributed by atoms with Crippen molar-refractivity contribution in [2.24, 2.45) is 0 Å². The zero-order chi connectivity index (χ0) is 11.4. The van der Waals surface area contributed by atoms with E-state index in [1.165, 1.54) is 12.1 Å². The van der Waals surface area contributed by atoms with Gasteiger partial charge in [-0.2, -0.15) is 0 Å². The van der Waals surface area contributed by atoms with E-state index in [-0.39, 0.29) is 17.3 Å². The number of phenolic OH excluding ortho intramolecular Hbond substituents is 1. The van der Waals surface area contributed by atoms with Gasteiger partial charge in [0.25, 0.3) is 0 Å². The van der Waals surface area contributed by atoms with Crippen LogP contribution in [-0.4, -0.2) is 34.4 Å². The van der Waals surface area contributed by atoms with E-state index in [2.05, 4.69) is 0 Å². The van der Waals surface area contributed by atoms with Gasteiger partial charge in [-0.3, -0.25) is 4.79 Å². The number of likely N-dealkylation sites (N-methyl/N-ethyl adjacent to an activating group) is 1. The molecule has 5 heteroatoms.